The molecule has 0 saturated heterocycles. The van der Waals surface area contributed by atoms with E-state index in [0.717, 1.165) is 0 Å². The first-order valence-electron chi connectivity index (χ1n) is 10.9. The van der Waals surface area contributed by atoms with Gasteiger partial charge in [0, 0.05) is 0 Å². The number of nitrogens with zero attached hydrogens (tertiary/aromatic N) is 3. The normalized spacial score (nSPS) is 17.7. The van der Waals surface area contributed by atoms with E-state index in [1.54, 1.807) is 68.0 Å². The third kappa shape index (κ3) is 3.71. The molecule has 0 fully saturated rings. The molecule has 0 aliphatic carbocycles. The fraction of sp³-hybridized carbons (Fsp3) is 0. The zero-order chi connectivity index (χ0) is 24.1. The van der Waals surface area contributed by atoms with Crippen LogP contribution >= 0.6 is 89.6 Å². The van der Waals surface area contributed by atoms with E-state index in [2.05, 4.69) is 105 Å². The van der Waals surface area contributed by atoms with E-state index >= 15 is 0 Å². The van der Waals surface area contributed by atoms with Gasteiger partial charge in [-0.25, -0.2) is 13.5 Å². The molecule has 36 heavy (non-hydrogen) atoms. The van der Waals surface area contributed by atoms with Crippen molar-refractivity contribution in [1.82, 2.24) is 0 Å². The largest absolute Gasteiger partial charge is 0.220 e. The van der Waals surface area contributed by atoms with E-state index in [1.807, 2.05) is 0 Å². The molecule has 0 N–H and O–H groups in total. The van der Waals surface area contributed by atoms with Gasteiger partial charge in [-0.3, -0.25) is 0 Å². The molecule has 7 heterocycles. The van der Waals surface area contributed by atoms with Crippen LogP contribution in [-0.4, -0.2) is 0 Å². The van der Waals surface area contributed by atoms with Crippen LogP contribution < -0.4 is 27.7 Å². The molecule has 6 aromatic heterocycles. The highest BCUT2D eigenvalue weighted by Crippen LogP contribution is 2.77. The predicted molar refractivity (Wildman–Crippen MR) is 172 cm³/mol. The minimum Gasteiger partial charge on any atom is -0.220 e. The molecule has 0 radical (unpaired) electrons. The summed E-state index contributed by atoms with van der Waals surface area (Å²) in [5.41, 5.74) is 0. The Labute approximate surface area is 234 Å². The van der Waals surface area contributed by atoms with Crippen LogP contribution in [0.2, 0.25) is 0 Å². The SMILES string of the molecule is c1csc(P2(c3cccs3)=NP(c3cccs3)(c3cccs3)=NP(c3cccs3)(c3cccs3)=N2)c1. The molecule has 6 aromatic rings. The van der Waals surface area contributed by atoms with E-state index in [9.17, 15) is 0 Å². The highest BCUT2D eigenvalue weighted by molar-refractivity contribution is 8.06. The first kappa shape index (κ1) is 24.0. The smallest absolute Gasteiger partial charge is 0.157 e. The van der Waals surface area contributed by atoms with Crippen LogP contribution in [0.15, 0.2) is 119 Å². The lowest BCUT2D eigenvalue weighted by Gasteiger charge is -2.35. The molecule has 0 spiro atoms. The maximum Gasteiger partial charge on any atom is 0.157 e. The second kappa shape index (κ2) is 9.57. The van der Waals surface area contributed by atoms with E-state index in [-0.39, 0.29) is 0 Å². The topological polar surface area (TPSA) is 37.1 Å². The molecule has 1 aliphatic rings. The molecule has 0 saturated carbocycles. The van der Waals surface area contributed by atoms with Crippen molar-refractivity contribution in [1.29, 1.82) is 0 Å². The monoisotopic (exact) mass is 633 g/mol. The van der Waals surface area contributed by atoms with Gasteiger partial charge in [0.15, 0.2) is 21.6 Å². The van der Waals surface area contributed by atoms with Gasteiger partial charge in [-0.05, 0) is 68.7 Å². The van der Waals surface area contributed by atoms with Gasteiger partial charge in [-0.2, -0.15) is 0 Å². The van der Waals surface area contributed by atoms with E-state index in [4.69, 9.17) is 13.5 Å². The fourth-order valence-corrected chi connectivity index (χ4v) is 30.3. The van der Waals surface area contributed by atoms with Crippen molar-refractivity contribution in [3.05, 3.63) is 105 Å². The summed E-state index contributed by atoms with van der Waals surface area (Å²) in [4.78, 5) is 0. The second-order valence-corrected chi connectivity index (χ2v) is 23.9. The van der Waals surface area contributed by atoms with Gasteiger partial charge >= 0.3 is 0 Å². The lowest BCUT2D eigenvalue weighted by molar-refractivity contribution is 1.70. The minimum absolute atomic E-state index is 1.27. The summed E-state index contributed by atoms with van der Waals surface area (Å²) >= 11 is 10.8. The maximum atomic E-state index is 6.00. The summed E-state index contributed by atoms with van der Waals surface area (Å²) in [6.45, 7) is 0. The molecule has 0 aromatic carbocycles. The van der Waals surface area contributed by atoms with Gasteiger partial charge < -0.3 is 0 Å². The molecule has 12 heteroatoms. The second-order valence-electron chi connectivity index (χ2n) is 7.78. The van der Waals surface area contributed by atoms with Gasteiger partial charge in [0.05, 0.1) is 27.7 Å². The number of rotatable bonds is 6. The molecule has 0 bridgehead atoms. The maximum absolute atomic E-state index is 6.00. The van der Waals surface area contributed by atoms with Crippen molar-refractivity contribution in [2.45, 2.75) is 0 Å². The Balaban J connectivity index is 1.77. The van der Waals surface area contributed by atoms with Gasteiger partial charge in [-0.1, -0.05) is 36.4 Å². The zero-order valence-corrected chi connectivity index (χ0v) is 26.1. The highest BCUT2D eigenvalue weighted by atomic mass is 32.1. The molecule has 3 nitrogen and oxygen atoms in total. The van der Waals surface area contributed by atoms with Crippen LogP contribution in [0.25, 0.3) is 0 Å². The fourth-order valence-electron chi connectivity index (χ4n) is 4.15. The van der Waals surface area contributed by atoms with Crippen molar-refractivity contribution in [2.75, 3.05) is 0 Å². The van der Waals surface area contributed by atoms with E-state index in [1.165, 1.54) is 27.7 Å². The standard InChI is InChI=1S/C24H18N3P3S6/c1-7-19(31-13-1)28(20-8-2-14-32-20)25-29(21-9-3-15-33-21,22-10-4-16-34-22)27-30(26-28,23-11-5-17-35-23)24-12-6-18-36-24/h1-18H. The van der Waals surface area contributed by atoms with Gasteiger partial charge in [0.25, 0.3) is 0 Å². The summed E-state index contributed by atoms with van der Waals surface area (Å²) in [6, 6.07) is 26.4. The quantitative estimate of drug-likeness (QED) is 0.165. The summed E-state index contributed by atoms with van der Waals surface area (Å²) in [6.07, 6.45) is 0. The lowest BCUT2D eigenvalue weighted by atomic mass is 10.7. The predicted octanol–water partition coefficient (Wildman–Crippen LogP) is 8.67. The molecular formula is C24H18N3P3S6. The van der Waals surface area contributed by atoms with E-state index in [0.29, 0.717) is 0 Å². The highest BCUT2D eigenvalue weighted by Gasteiger charge is 2.44. The first-order chi connectivity index (χ1) is 17.8. The van der Waals surface area contributed by atoms with Crippen LogP contribution in [0.1, 0.15) is 0 Å². The van der Waals surface area contributed by atoms with Gasteiger partial charge in [0.2, 0.25) is 0 Å². The summed E-state index contributed by atoms with van der Waals surface area (Å²) in [5, 5.41) is 13.0. The average Bonchev–Trinajstić information content (AvgIpc) is 3.80. The van der Waals surface area contributed by atoms with E-state index < -0.39 is 21.6 Å². The molecule has 1 aliphatic heterocycles. The van der Waals surface area contributed by atoms with Gasteiger partial charge in [-0.15, -0.1) is 68.0 Å². The zero-order valence-electron chi connectivity index (χ0n) is 18.5. The average molecular weight is 634 g/mol. The van der Waals surface area contributed by atoms with Crippen LogP contribution in [0.5, 0.6) is 0 Å². The lowest BCUT2D eigenvalue weighted by Crippen LogP contribution is -2.20. The number of hydrogen-bond donors (Lipinski definition) is 0. The van der Waals surface area contributed by atoms with Crippen molar-refractivity contribution < 1.29 is 0 Å². The molecule has 180 valence electrons. The summed E-state index contributed by atoms with van der Waals surface area (Å²) in [5.74, 6) is 0. The third-order valence-electron chi connectivity index (χ3n) is 5.66. The van der Waals surface area contributed by atoms with Crippen molar-refractivity contribution in [3.8, 4) is 0 Å². The summed E-state index contributed by atoms with van der Waals surface area (Å²) in [7, 11) is -7.46. The molecular weight excluding hydrogens is 616 g/mol. The molecule has 0 unspecified atom stereocenters. The van der Waals surface area contributed by atoms with Gasteiger partial charge in [0.1, 0.15) is 0 Å². The van der Waals surface area contributed by atoms with Crippen molar-refractivity contribution in [3.63, 3.8) is 0 Å². The Morgan fingerprint density at radius 3 is 0.667 bits per heavy atom. The van der Waals surface area contributed by atoms with Crippen LogP contribution in [-0.2, 0) is 0 Å². The minimum atomic E-state index is -2.49. The summed E-state index contributed by atoms with van der Waals surface area (Å²) < 4.78 is 25.6. The van der Waals surface area contributed by atoms with Crippen LogP contribution in [0.3, 0.4) is 0 Å². The van der Waals surface area contributed by atoms with Crippen LogP contribution in [0, 0.1) is 0 Å². The Morgan fingerprint density at radius 2 is 0.528 bits per heavy atom. The molecule has 0 amide bonds. The first-order valence-corrected chi connectivity index (χ1v) is 21.3. The van der Waals surface area contributed by atoms with Crippen molar-refractivity contribution in [2.24, 2.45) is 13.5 Å². The Hall–Kier alpha value is -1.11. The third-order valence-corrected chi connectivity index (χ3v) is 27.0. The number of hydrogen-bond acceptors (Lipinski definition) is 9. The van der Waals surface area contributed by atoms with Crippen LogP contribution in [0.4, 0.5) is 0 Å². The Bertz CT molecular complexity index is 1400. The van der Waals surface area contributed by atoms with Crippen molar-refractivity contribution >= 4 is 117 Å². The Kier molecular flexibility index (Phi) is 6.37. The molecule has 7 rings (SSSR count). The number of thiophene rings is 6. The Morgan fingerprint density at radius 1 is 0.333 bits per heavy atom. The molecule has 0 atom stereocenters.